The van der Waals surface area contributed by atoms with Gasteiger partial charge in [0.25, 0.3) is 0 Å². The van der Waals surface area contributed by atoms with E-state index in [4.69, 9.17) is 5.73 Å². The molecule has 20 heavy (non-hydrogen) atoms. The number of benzene rings is 1. The van der Waals surface area contributed by atoms with E-state index in [1.165, 1.54) is 14.0 Å². The van der Waals surface area contributed by atoms with E-state index in [2.05, 4.69) is 10.1 Å². The Bertz CT molecular complexity index is 486. The lowest BCUT2D eigenvalue weighted by Crippen LogP contribution is -2.31. The van der Waals surface area contributed by atoms with Gasteiger partial charge in [-0.3, -0.25) is 9.59 Å². The normalized spacial score (nSPS) is 11.8. The van der Waals surface area contributed by atoms with E-state index in [-0.39, 0.29) is 5.91 Å². The van der Waals surface area contributed by atoms with Crippen LogP contribution in [0.5, 0.6) is 0 Å². The molecule has 0 saturated heterocycles. The summed E-state index contributed by atoms with van der Waals surface area (Å²) in [5.41, 5.74) is 8.64. The Hall–Kier alpha value is -1.88. The van der Waals surface area contributed by atoms with Crippen molar-refractivity contribution >= 4 is 17.6 Å². The second kappa shape index (κ2) is 7.65. The van der Waals surface area contributed by atoms with Crippen LogP contribution in [0.3, 0.4) is 0 Å². The van der Waals surface area contributed by atoms with Gasteiger partial charge in [-0.05, 0) is 43.4 Å². The number of hydrogen-bond acceptors (Lipinski definition) is 4. The summed E-state index contributed by atoms with van der Waals surface area (Å²) in [6.45, 7) is 3.46. The van der Waals surface area contributed by atoms with Crippen molar-refractivity contribution in [1.29, 1.82) is 0 Å². The molecule has 0 aliphatic heterocycles. The molecule has 1 amide bonds. The number of aryl methyl sites for hydroxylation is 2. The Labute approximate surface area is 119 Å². The summed E-state index contributed by atoms with van der Waals surface area (Å²) in [6.07, 6.45) is 2.06. The molecular weight excluding hydrogens is 256 g/mol. The topological polar surface area (TPSA) is 81.4 Å². The van der Waals surface area contributed by atoms with Gasteiger partial charge in [0, 0.05) is 12.6 Å². The van der Waals surface area contributed by atoms with E-state index in [9.17, 15) is 9.59 Å². The fourth-order valence-corrected chi connectivity index (χ4v) is 2.00. The van der Waals surface area contributed by atoms with Gasteiger partial charge in [-0.1, -0.05) is 12.1 Å². The van der Waals surface area contributed by atoms with Crippen molar-refractivity contribution in [2.75, 3.05) is 12.4 Å². The number of amides is 1. The van der Waals surface area contributed by atoms with Gasteiger partial charge in [0.2, 0.25) is 5.91 Å². The number of ether oxygens (including phenoxy) is 1. The van der Waals surface area contributed by atoms with Gasteiger partial charge < -0.3 is 15.8 Å². The zero-order valence-electron chi connectivity index (χ0n) is 12.2. The third-order valence-corrected chi connectivity index (χ3v) is 3.04. The number of anilines is 1. The summed E-state index contributed by atoms with van der Waals surface area (Å²) < 4.78 is 4.59. The van der Waals surface area contributed by atoms with Crippen LogP contribution >= 0.6 is 0 Å². The molecule has 110 valence electrons. The van der Waals surface area contributed by atoms with Crippen LogP contribution in [0.2, 0.25) is 0 Å². The summed E-state index contributed by atoms with van der Waals surface area (Å²) in [5, 5.41) is 2.82. The minimum absolute atomic E-state index is 0.0943. The summed E-state index contributed by atoms with van der Waals surface area (Å²) >= 11 is 0. The molecule has 1 atom stereocenters. The van der Waals surface area contributed by atoms with Crippen LogP contribution in [0.25, 0.3) is 0 Å². The molecule has 0 radical (unpaired) electrons. The highest BCUT2D eigenvalue weighted by molar-refractivity contribution is 5.89. The molecule has 1 rings (SSSR count). The van der Waals surface area contributed by atoms with Crippen molar-refractivity contribution in [2.24, 2.45) is 5.73 Å². The number of carbonyl (C=O) groups excluding carboxylic acids is 2. The highest BCUT2D eigenvalue weighted by atomic mass is 16.5. The smallest absolute Gasteiger partial charge is 0.322 e. The Morgan fingerprint density at radius 1 is 1.40 bits per heavy atom. The molecule has 0 aliphatic rings. The van der Waals surface area contributed by atoms with Crippen LogP contribution in [-0.4, -0.2) is 25.0 Å². The molecule has 0 saturated carbocycles. The minimum Gasteiger partial charge on any atom is -0.468 e. The minimum atomic E-state index is -0.588. The molecule has 0 bridgehead atoms. The van der Waals surface area contributed by atoms with Crippen molar-refractivity contribution in [2.45, 2.75) is 39.2 Å². The first-order valence-electron chi connectivity index (χ1n) is 6.64. The van der Waals surface area contributed by atoms with Crippen molar-refractivity contribution in [3.63, 3.8) is 0 Å². The maximum Gasteiger partial charge on any atom is 0.322 e. The maximum absolute atomic E-state index is 11.2. The van der Waals surface area contributed by atoms with Gasteiger partial charge in [0.1, 0.15) is 6.04 Å². The molecule has 0 aliphatic carbocycles. The second-order valence-electron chi connectivity index (χ2n) is 4.86. The Balaban J connectivity index is 2.63. The Morgan fingerprint density at radius 2 is 2.10 bits per heavy atom. The highest BCUT2D eigenvalue weighted by Gasteiger charge is 2.13. The first-order valence-corrected chi connectivity index (χ1v) is 6.64. The summed E-state index contributed by atoms with van der Waals surface area (Å²) in [5.74, 6) is -0.487. The Kier molecular flexibility index (Phi) is 6.18. The number of methoxy groups -OCH3 is 1. The van der Waals surface area contributed by atoms with Crippen molar-refractivity contribution in [3.8, 4) is 0 Å². The van der Waals surface area contributed by atoms with E-state index >= 15 is 0 Å². The van der Waals surface area contributed by atoms with Crippen LogP contribution in [0.15, 0.2) is 18.2 Å². The summed E-state index contributed by atoms with van der Waals surface area (Å²) in [4.78, 5) is 22.4. The van der Waals surface area contributed by atoms with E-state index in [1.54, 1.807) is 0 Å². The van der Waals surface area contributed by atoms with E-state index < -0.39 is 12.0 Å². The fourth-order valence-electron chi connectivity index (χ4n) is 2.00. The molecule has 5 heteroatoms. The van der Waals surface area contributed by atoms with Crippen molar-refractivity contribution in [3.05, 3.63) is 29.3 Å². The SMILES string of the molecule is COC(=O)C(N)CCCc1ccc(C)cc1NC(C)=O. The standard InChI is InChI=1S/C15H22N2O3/c1-10-7-8-12(14(9-10)17-11(2)18)5-4-6-13(16)15(19)20-3/h7-9,13H,4-6,16H2,1-3H3,(H,17,18). The lowest BCUT2D eigenvalue weighted by atomic mass is 10.0. The van der Waals surface area contributed by atoms with E-state index in [1.807, 2.05) is 25.1 Å². The fraction of sp³-hybridized carbons (Fsp3) is 0.467. The molecule has 0 spiro atoms. The highest BCUT2D eigenvalue weighted by Crippen LogP contribution is 2.20. The molecule has 1 unspecified atom stereocenters. The van der Waals surface area contributed by atoms with Crippen LogP contribution in [0.1, 0.15) is 30.9 Å². The molecule has 1 aromatic rings. The predicted octanol–water partition coefficient (Wildman–Crippen LogP) is 1.78. The molecule has 5 nitrogen and oxygen atoms in total. The maximum atomic E-state index is 11.2. The first-order chi connectivity index (χ1) is 9.43. The average molecular weight is 278 g/mol. The largest absolute Gasteiger partial charge is 0.468 e. The third kappa shape index (κ3) is 5.01. The quantitative estimate of drug-likeness (QED) is 0.777. The monoisotopic (exact) mass is 278 g/mol. The van der Waals surface area contributed by atoms with E-state index in [0.29, 0.717) is 6.42 Å². The lowest BCUT2D eigenvalue weighted by molar-refractivity contribution is -0.142. The molecule has 1 aromatic carbocycles. The average Bonchev–Trinajstić information content (AvgIpc) is 2.39. The van der Waals surface area contributed by atoms with Gasteiger partial charge in [-0.25, -0.2) is 0 Å². The van der Waals surface area contributed by atoms with Gasteiger partial charge >= 0.3 is 5.97 Å². The summed E-state index contributed by atoms with van der Waals surface area (Å²) in [6, 6.07) is 5.34. The van der Waals surface area contributed by atoms with Crippen LogP contribution in [0.4, 0.5) is 5.69 Å². The third-order valence-electron chi connectivity index (χ3n) is 3.04. The van der Waals surface area contributed by atoms with Gasteiger partial charge in [-0.2, -0.15) is 0 Å². The van der Waals surface area contributed by atoms with E-state index in [0.717, 1.165) is 29.7 Å². The van der Waals surface area contributed by atoms with Crippen LogP contribution in [-0.2, 0) is 20.7 Å². The van der Waals surface area contributed by atoms with Gasteiger partial charge in [0.15, 0.2) is 0 Å². The molecule has 0 aromatic heterocycles. The second-order valence-corrected chi connectivity index (χ2v) is 4.86. The number of hydrogen-bond donors (Lipinski definition) is 2. The Morgan fingerprint density at radius 3 is 2.70 bits per heavy atom. The number of carbonyl (C=O) groups is 2. The number of rotatable bonds is 6. The molecule has 3 N–H and O–H groups in total. The molecular formula is C15H22N2O3. The van der Waals surface area contributed by atoms with Gasteiger partial charge in [-0.15, -0.1) is 0 Å². The number of esters is 1. The van der Waals surface area contributed by atoms with Crippen molar-refractivity contribution < 1.29 is 14.3 Å². The van der Waals surface area contributed by atoms with Crippen LogP contribution in [0, 0.1) is 6.92 Å². The van der Waals surface area contributed by atoms with Crippen LogP contribution < -0.4 is 11.1 Å². The van der Waals surface area contributed by atoms with Gasteiger partial charge in [0.05, 0.1) is 7.11 Å². The first kappa shape index (κ1) is 16.2. The predicted molar refractivity (Wildman–Crippen MR) is 78.4 cm³/mol. The molecule has 0 fully saturated rings. The number of nitrogens with two attached hydrogens (primary N) is 1. The zero-order chi connectivity index (χ0) is 15.1. The summed E-state index contributed by atoms with van der Waals surface area (Å²) in [7, 11) is 1.33. The lowest BCUT2D eigenvalue weighted by Gasteiger charge is -2.12. The number of nitrogens with one attached hydrogen (secondary N) is 1. The molecule has 0 heterocycles. The zero-order valence-corrected chi connectivity index (χ0v) is 12.2. The van der Waals surface area contributed by atoms with Crippen molar-refractivity contribution in [1.82, 2.24) is 0 Å².